The van der Waals surface area contributed by atoms with Crippen LogP contribution in [0.25, 0.3) is 0 Å². The van der Waals surface area contributed by atoms with E-state index >= 15 is 0 Å². The standard InChI is InChI=1S/C20H35N3O4S.HI/c1-16-8-9-17(18(14-16)27-12-7-11-26-6)15-23-19(21-5)22-10-13-28(24,25)20(2,3)4;/h8-9,14H,7,10-13,15H2,1-6H3,(H2,21,22,23);1H. The van der Waals surface area contributed by atoms with Crippen LogP contribution in [0.3, 0.4) is 0 Å². The van der Waals surface area contributed by atoms with Crippen molar-refractivity contribution in [1.82, 2.24) is 10.6 Å². The van der Waals surface area contributed by atoms with E-state index < -0.39 is 14.6 Å². The normalized spacial score (nSPS) is 12.3. The number of halogens is 1. The zero-order valence-electron chi connectivity index (χ0n) is 18.4. The number of methoxy groups -OCH3 is 1. The van der Waals surface area contributed by atoms with Crippen molar-refractivity contribution in [3.8, 4) is 5.75 Å². The molecule has 2 N–H and O–H groups in total. The smallest absolute Gasteiger partial charge is 0.191 e. The van der Waals surface area contributed by atoms with E-state index in [0.717, 1.165) is 23.3 Å². The van der Waals surface area contributed by atoms with Crippen LogP contribution in [0.1, 0.15) is 38.3 Å². The maximum atomic E-state index is 12.2. The van der Waals surface area contributed by atoms with Crippen LogP contribution in [-0.4, -0.2) is 58.8 Å². The van der Waals surface area contributed by atoms with Gasteiger partial charge in [0.05, 0.1) is 17.1 Å². The first kappa shape index (κ1) is 27.9. The van der Waals surface area contributed by atoms with Crippen molar-refractivity contribution in [1.29, 1.82) is 0 Å². The number of aliphatic imine (C=N–C) groups is 1. The highest BCUT2D eigenvalue weighted by molar-refractivity contribution is 14.0. The molecule has 0 fully saturated rings. The van der Waals surface area contributed by atoms with Gasteiger partial charge in [-0.15, -0.1) is 24.0 Å². The first-order valence-corrected chi connectivity index (χ1v) is 11.1. The average molecular weight is 541 g/mol. The molecule has 0 unspecified atom stereocenters. The van der Waals surface area contributed by atoms with E-state index in [2.05, 4.69) is 15.6 Å². The molecule has 1 aromatic rings. The zero-order chi connectivity index (χ0) is 21.2. The summed E-state index contributed by atoms with van der Waals surface area (Å²) < 4.78 is 34.6. The van der Waals surface area contributed by atoms with Crippen molar-refractivity contribution >= 4 is 39.8 Å². The van der Waals surface area contributed by atoms with Crippen LogP contribution >= 0.6 is 24.0 Å². The van der Waals surface area contributed by atoms with E-state index in [0.29, 0.717) is 32.3 Å². The maximum absolute atomic E-state index is 12.2. The van der Waals surface area contributed by atoms with Crippen molar-refractivity contribution in [3.63, 3.8) is 0 Å². The van der Waals surface area contributed by atoms with Crippen LogP contribution in [0.2, 0.25) is 0 Å². The summed E-state index contributed by atoms with van der Waals surface area (Å²) in [6.45, 7) is 9.22. The molecule has 29 heavy (non-hydrogen) atoms. The van der Waals surface area contributed by atoms with E-state index in [1.807, 2.05) is 25.1 Å². The summed E-state index contributed by atoms with van der Waals surface area (Å²) in [7, 11) is 0.161. The van der Waals surface area contributed by atoms with E-state index in [9.17, 15) is 8.42 Å². The summed E-state index contributed by atoms with van der Waals surface area (Å²) in [5, 5.41) is 6.27. The fourth-order valence-electron chi connectivity index (χ4n) is 2.34. The minimum Gasteiger partial charge on any atom is -0.493 e. The molecule has 0 radical (unpaired) electrons. The summed E-state index contributed by atoms with van der Waals surface area (Å²) >= 11 is 0. The molecular formula is C20H36IN3O4S. The Bertz CT molecular complexity index is 747. The van der Waals surface area contributed by atoms with Gasteiger partial charge in [-0.05, 0) is 39.3 Å². The minimum atomic E-state index is -3.17. The third-order valence-corrected chi connectivity index (χ3v) is 6.85. The first-order chi connectivity index (χ1) is 13.1. The molecule has 0 aliphatic carbocycles. The van der Waals surface area contributed by atoms with Gasteiger partial charge < -0.3 is 20.1 Å². The number of nitrogens with zero attached hydrogens (tertiary/aromatic N) is 1. The molecule has 0 aliphatic rings. The average Bonchev–Trinajstić information content (AvgIpc) is 2.61. The number of ether oxygens (including phenoxy) is 2. The molecule has 1 aromatic carbocycles. The molecule has 0 atom stereocenters. The van der Waals surface area contributed by atoms with Crippen molar-refractivity contribution < 1.29 is 17.9 Å². The quantitative estimate of drug-likeness (QED) is 0.205. The number of hydrogen-bond donors (Lipinski definition) is 2. The van der Waals surface area contributed by atoms with Crippen LogP contribution < -0.4 is 15.4 Å². The second kappa shape index (κ2) is 13.3. The fraction of sp³-hybridized carbons (Fsp3) is 0.650. The summed E-state index contributed by atoms with van der Waals surface area (Å²) in [6.07, 6.45) is 0.822. The molecule has 0 heterocycles. The Labute approximate surface area is 193 Å². The molecular weight excluding hydrogens is 505 g/mol. The number of sulfone groups is 1. The summed E-state index contributed by atoms with van der Waals surface area (Å²) in [5.74, 6) is 1.43. The van der Waals surface area contributed by atoms with Gasteiger partial charge in [-0.25, -0.2) is 8.42 Å². The lowest BCUT2D eigenvalue weighted by molar-refractivity contribution is 0.171. The number of rotatable bonds is 10. The van der Waals surface area contributed by atoms with E-state index in [-0.39, 0.29) is 29.7 Å². The lowest BCUT2D eigenvalue weighted by atomic mass is 10.1. The van der Waals surface area contributed by atoms with Crippen LogP contribution in [0, 0.1) is 6.92 Å². The molecule has 9 heteroatoms. The number of nitrogens with one attached hydrogen (secondary N) is 2. The highest BCUT2D eigenvalue weighted by Crippen LogP contribution is 2.20. The predicted molar refractivity (Wildman–Crippen MR) is 130 cm³/mol. The van der Waals surface area contributed by atoms with E-state index in [1.165, 1.54) is 0 Å². The molecule has 0 aromatic heterocycles. The molecule has 0 saturated carbocycles. The van der Waals surface area contributed by atoms with Crippen molar-refractivity contribution in [2.45, 2.75) is 45.4 Å². The molecule has 0 bridgehead atoms. The Morgan fingerprint density at radius 2 is 1.86 bits per heavy atom. The molecule has 7 nitrogen and oxygen atoms in total. The molecule has 0 spiro atoms. The van der Waals surface area contributed by atoms with Crippen LogP contribution in [0.5, 0.6) is 5.75 Å². The largest absolute Gasteiger partial charge is 0.493 e. The summed E-state index contributed by atoms with van der Waals surface area (Å²) in [5.41, 5.74) is 2.13. The fourth-order valence-corrected chi connectivity index (χ4v) is 3.32. The predicted octanol–water partition coefficient (Wildman–Crippen LogP) is 2.91. The zero-order valence-corrected chi connectivity index (χ0v) is 21.5. The van der Waals surface area contributed by atoms with Crippen LogP contribution in [0.4, 0.5) is 0 Å². The number of benzene rings is 1. The molecule has 1 rings (SSSR count). The third kappa shape index (κ3) is 9.99. The second-order valence-electron chi connectivity index (χ2n) is 7.59. The summed E-state index contributed by atoms with van der Waals surface area (Å²) in [4.78, 5) is 4.16. The van der Waals surface area contributed by atoms with Gasteiger partial charge in [0.15, 0.2) is 15.8 Å². The van der Waals surface area contributed by atoms with E-state index in [4.69, 9.17) is 9.47 Å². The topological polar surface area (TPSA) is 89.0 Å². The first-order valence-electron chi connectivity index (χ1n) is 9.49. The number of hydrogen-bond acceptors (Lipinski definition) is 5. The molecule has 0 amide bonds. The van der Waals surface area contributed by atoms with Gasteiger partial charge in [-0.1, -0.05) is 12.1 Å². The Morgan fingerprint density at radius 3 is 2.45 bits per heavy atom. The number of aryl methyl sites for hydroxylation is 1. The van der Waals surface area contributed by atoms with Crippen LogP contribution in [0.15, 0.2) is 23.2 Å². The van der Waals surface area contributed by atoms with Crippen LogP contribution in [-0.2, 0) is 21.1 Å². The van der Waals surface area contributed by atoms with E-state index in [1.54, 1.807) is 34.9 Å². The van der Waals surface area contributed by atoms with Crippen molar-refractivity contribution in [2.75, 3.05) is 39.7 Å². The lowest BCUT2D eigenvalue weighted by Crippen LogP contribution is -2.41. The van der Waals surface area contributed by atoms with Gasteiger partial charge in [-0.3, -0.25) is 4.99 Å². The van der Waals surface area contributed by atoms with Crippen molar-refractivity contribution in [2.24, 2.45) is 4.99 Å². The second-order valence-corrected chi connectivity index (χ2v) is 10.5. The minimum absolute atomic E-state index is 0. The molecule has 168 valence electrons. The van der Waals surface area contributed by atoms with Gasteiger partial charge in [-0.2, -0.15) is 0 Å². The highest BCUT2D eigenvalue weighted by Gasteiger charge is 2.28. The monoisotopic (exact) mass is 541 g/mol. The van der Waals surface area contributed by atoms with Gasteiger partial charge in [0.25, 0.3) is 0 Å². The SMILES string of the molecule is CN=C(NCCS(=O)(=O)C(C)(C)C)NCc1ccc(C)cc1OCCCOC.I. The Balaban J connectivity index is 0.00000784. The molecule has 0 saturated heterocycles. The molecule has 0 aliphatic heterocycles. The third-order valence-electron chi connectivity index (χ3n) is 4.24. The van der Waals surface area contributed by atoms with Gasteiger partial charge in [0.2, 0.25) is 0 Å². The van der Waals surface area contributed by atoms with Crippen molar-refractivity contribution in [3.05, 3.63) is 29.3 Å². The lowest BCUT2D eigenvalue weighted by Gasteiger charge is -2.20. The van der Waals surface area contributed by atoms with Gasteiger partial charge in [0, 0.05) is 45.8 Å². The van der Waals surface area contributed by atoms with Gasteiger partial charge in [0.1, 0.15) is 5.75 Å². The Hall–Kier alpha value is -1.07. The Morgan fingerprint density at radius 1 is 1.17 bits per heavy atom. The summed E-state index contributed by atoms with van der Waals surface area (Å²) in [6, 6.07) is 6.06. The highest BCUT2D eigenvalue weighted by atomic mass is 127. The Kier molecular flexibility index (Phi) is 12.8. The maximum Gasteiger partial charge on any atom is 0.191 e. The van der Waals surface area contributed by atoms with Gasteiger partial charge >= 0.3 is 0 Å². The number of guanidine groups is 1.